The first-order chi connectivity index (χ1) is 8.63. The first-order valence-electron chi connectivity index (χ1n) is 6.71. The Kier molecular flexibility index (Phi) is 3.56. The highest BCUT2D eigenvalue weighted by molar-refractivity contribution is 5.45. The van der Waals surface area contributed by atoms with Crippen LogP contribution in [0, 0.1) is 12.8 Å². The molecule has 1 aliphatic carbocycles. The highest BCUT2D eigenvalue weighted by atomic mass is 14.4. The Hall–Kier alpha value is -1.56. The summed E-state index contributed by atoms with van der Waals surface area (Å²) in [6, 6.07) is 6.67. The molecule has 18 heavy (non-hydrogen) atoms. The van der Waals surface area contributed by atoms with Gasteiger partial charge in [0.05, 0.1) is 0 Å². The second-order valence-corrected chi connectivity index (χ2v) is 5.23. The Morgan fingerprint density at radius 3 is 2.78 bits per heavy atom. The summed E-state index contributed by atoms with van der Waals surface area (Å²) in [7, 11) is 0. The second-order valence-electron chi connectivity index (χ2n) is 5.23. The Labute approximate surface area is 111 Å². The first-order valence-corrected chi connectivity index (χ1v) is 6.71. The third kappa shape index (κ3) is 1.96. The van der Waals surface area contributed by atoms with Gasteiger partial charge in [-0.3, -0.25) is 0 Å². The van der Waals surface area contributed by atoms with Crippen LogP contribution in [0.1, 0.15) is 30.5 Å². The summed E-state index contributed by atoms with van der Waals surface area (Å²) in [6.45, 7) is 10.8. The Morgan fingerprint density at radius 1 is 1.33 bits per heavy atom. The van der Waals surface area contributed by atoms with Gasteiger partial charge in [-0.1, -0.05) is 62.4 Å². The van der Waals surface area contributed by atoms with Gasteiger partial charge < -0.3 is 0 Å². The van der Waals surface area contributed by atoms with E-state index in [4.69, 9.17) is 0 Å². The molecule has 0 bridgehead atoms. The van der Waals surface area contributed by atoms with Gasteiger partial charge >= 0.3 is 0 Å². The smallest absolute Gasteiger partial charge is 0.0207 e. The standard InChI is InChI=1S/C18H22/c1-5-15-10-9-12-17(14(15)3)18(4)13-8-7-11-16(18)6-2/h6-13,16H,2,5H2,1,3-4H3. The number of hydrogen-bond acceptors (Lipinski definition) is 0. The number of rotatable bonds is 3. The Bertz CT molecular complexity index is 505. The van der Waals surface area contributed by atoms with E-state index in [-0.39, 0.29) is 5.41 Å². The van der Waals surface area contributed by atoms with E-state index in [9.17, 15) is 0 Å². The summed E-state index contributed by atoms with van der Waals surface area (Å²) in [5.74, 6) is 0.369. The molecular weight excluding hydrogens is 216 g/mol. The fourth-order valence-electron chi connectivity index (χ4n) is 2.99. The fraction of sp³-hybridized carbons (Fsp3) is 0.333. The highest BCUT2D eigenvalue weighted by Gasteiger charge is 2.32. The quantitative estimate of drug-likeness (QED) is 0.667. The van der Waals surface area contributed by atoms with Crippen molar-refractivity contribution >= 4 is 0 Å². The Morgan fingerprint density at radius 2 is 2.11 bits per heavy atom. The average molecular weight is 238 g/mol. The molecule has 0 saturated carbocycles. The largest absolute Gasteiger partial charge is 0.102 e. The van der Waals surface area contributed by atoms with Crippen LogP contribution in [-0.4, -0.2) is 0 Å². The predicted molar refractivity (Wildman–Crippen MR) is 79.9 cm³/mol. The lowest BCUT2D eigenvalue weighted by atomic mass is 9.68. The van der Waals surface area contributed by atoms with Gasteiger partial charge in [0.2, 0.25) is 0 Å². The van der Waals surface area contributed by atoms with Crippen molar-refractivity contribution < 1.29 is 0 Å². The van der Waals surface area contributed by atoms with Crippen LogP contribution in [0.4, 0.5) is 0 Å². The van der Waals surface area contributed by atoms with E-state index in [1.165, 1.54) is 16.7 Å². The summed E-state index contributed by atoms with van der Waals surface area (Å²) in [6.07, 6.45) is 12.0. The molecule has 1 aromatic rings. The van der Waals surface area contributed by atoms with Crippen LogP contribution in [-0.2, 0) is 11.8 Å². The van der Waals surface area contributed by atoms with Gasteiger partial charge in [-0.25, -0.2) is 0 Å². The summed E-state index contributed by atoms with van der Waals surface area (Å²) in [4.78, 5) is 0. The third-order valence-corrected chi connectivity index (χ3v) is 4.23. The van der Waals surface area contributed by atoms with Crippen LogP contribution in [0.25, 0.3) is 0 Å². The molecule has 0 radical (unpaired) electrons. The molecule has 0 aromatic heterocycles. The molecule has 0 aliphatic heterocycles. The van der Waals surface area contributed by atoms with Gasteiger partial charge in [0.1, 0.15) is 0 Å². The van der Waals surface area contributed by atoms with Gasteiger partial charge in [0.15, 0.2) is 0 Å². The minimum Gasteiger partial charge on any atom is -0.102 e. The molecular formula is C18H22. The third-order valence-electron chi connectivity index (χ3n) is 4.23. The average Bonchev–Trinajstić information content (AvgIpc) is 2.39. The van der Waals surface area contributed by atoms with E-state index in [0.717, 1.165) is 6.42 Å². The summed E-state index contributed by atoms with van der Waals surface area (Å²) >= 11 is 0. The first kappa shape index (κ1) is 12.9. The van der Waals surface area contributed by atoms with Crippen LogP contribution in [0.3, 0.4) is 0 Å². The number of allylic oxidation sites excluding steroid dienone is 5. The zero-order valence-corrected chi connectivity index (χ0v) is 11.6. The van der Waals surface area contributed by atoms with Crippen LogP contribution >= 0.6 is 0 Å². The topological polar surface area (TPSA) is 0 Å². The van der Waals surface area contributed by atoms with Crippen molar-refractivity contribution in [3.63, 3.8) is 0 Å². The molecule has 2 rings (SSSR count). The molecule has 0 amide bonds. The van der Waals surface area contributed by atoms with E-state index in [2.05, 4.69) is 75.9 Å². The number of benzene rings is 1. The van der Waals surface area contributed by atoms with Crippen molar-refractivity contribution in [2.45, 2.75) is 32.6 Å². The molecule has 0 fully saturated rings. The van der Waals surface area contributed by atoms with Crippen molar-refractivity contribution in [1.29, 1.82) is 0 Å². The molecule has 0 N–H and O–H groups in total. The minimum atomic E-state index is 0.0335. The van der Waals surface area contributed by atoms with Crippen LogP contribution in [0.5, 0.6) is 0 Å². The normalized spacial score (nSPS) is 26.3. The predicted octanol–water partition coefficient (Wildman–Crippen LogP) is 4.74. The molecule has 2 unspecified atom stereocenters. The summed E-state index contributed by atoms with van der Waals surface area (Å²) in [5.41, 5.74) is 4.33. The minimum absolute atomic E-state index is 0.0335. The van der Waals surface area contributed by atoms with Crippen molar-refractivity contribution in [3.8, 4) is 0 Å². The molecule has 1 aromatic carbocycles. The monoisotopic (exact) mass is 238 g/mol. The van der Waals surface area contributed by atoms with Crippen LogP contribution < -0.4 is 0 Å². The zero-order valence-electron chi connectivity index (χ0n) is 11.6. The van der Waals surface area contributed by atoms with E-state index in [1.54, 1.807) is 0 Å². The summed E-state index contributed by atoms with van der Waals surface area (Å²) < 4.78 is 0. The molecule has 0 heterocycles. The van der Waals surface area contributed by atoms with Crippen LogP contribution in [0.2, 0.25) is 0 Å². The Balaban J connectivity index is 2.56. The second kappa shape index (κ2) is 4.97. The van der Waals surface area contributed by atoms with E-state index >= 15 is 0 Å². The van der Waals surface area contributed by atoms with Crippen molar-refractivity contribution in [2.75, 3.05) is 0 Å². The maximum atomic E-state index is 3.99. The van der Waals surface area contributed by atoms with Gasteiger partial charge in [0.25, 0.3) is 0 Å². The highest BCUT2D eigenvalue weighted by Crippen LogP contribution is 2.39. The van der Waals surface area contributed by atoms with Crippen molar-refractivity contribution in [3.05, 3.63) is 71.8 Å². The molecule has 0 nitrogen and oxygen atoms in total. The van der Waals surface area contributed by atoms with E-state index in [0.29, 0.717) is 5.92 Å². The fourth-order valence-corrected chi connectivity index (χ4v) is 2.99. The van der Waals surface area contributed by atoms with Gasteiger partial charge in [-0.2, -0.15) is 0 Å². The SMILES string of the molecule is C=CC1C=CC=CC1(C)c1cccc(CC)c1C. The molecule has 2 atom stereocenters. The van der Waals surface area contributed by atoms with Crippen molar-refractivity contribution in [1.82, 2.24) is 0 Å². The zero-order chi connectivity index (χ0) is 13.2. The lowest BCUT2D eigenvalue weighted by Gasteiger charge is -2.35. The van der Waals surface area contributed by atoms with Gasteiger partial charge in [0, 0.05) is 11.3 Å². The molecule has 0 saturated heterocycles. The lowest BCUT2D eigenvalue weighted by molar-refractivity contribution is 0.496. The number of hydrogen-bond donors (Lipinski definition) is 0. The van der Waals surface area contributed by atoms with Gasteiger partial charge in [-0.15, -0.1) is 6.58 Å². The maximum absolute atomic E-state index is 3.99. The maximum Gasteiger partial charge on any atom is 0.0207 e. The molecule has 0 spiro atoms. The van der Waals surface area contributed by atoms with E-state index in [1.807, 2.05) is 0 Å². The van der Waals surface area contributed by atoms with Crippen molar-refractivity contribution in [2.24, 2.45) is 5.92 Å². The molecule has 1 aliphatic rings. The molecule has 0 heteroatoms. The van der Waals surface area contributed by atoms with Gasteiger partial charge in [-0.05, 0) is 30.0 Å². The summed E-state index contributed by atoms with van der Waals surface area (Å²) in [5, 5.41) is 0. The molecule has 94 valence electrons. The van der Waals surface area contributed by atoms with E-state index < -0.39 is 0 Å². The van der Waals surface area contributed by atoms with Crippen LogP contribution in [0.15, 0.2) is 55.2 Å². The lowest BCUT2D eigenvalue weighted by Crippen LogP contribution is -2.30. The number of aryl methyl sites for hydroxylation is 1.